The van der Waals surface area contributed by atoms with Crippen LogP contribution in [-0.4, -0.2) is 33.9 Å². The molecule has 6 heteroatoms. The molecule has 3 aromatic rings. The molecule has 3 N–H and O–H groups in total. The van der Waals surface area contributed by atoms with Gasteiger partial charge in [-0.3, -0.25) is 4.79 Å². The van der Waals surface area contributed by atoms with Gasteiger partial charge in [0, 0.05) is 12.0 Å². The molecular formula is C18H19N3O2S. The molecule has 124 valence electrons. The van der Waals surface area contributed by atoms with E-state index >= 15 is 0 Å². The number of thiophene rings is 1. The lowest BCUT2D eigenvalue weighted by Crippen LogP contribution is -2.10. The number of aromatic amines is 1. The molecule has 24 heavy (non-hydrogen) atoms. The third-order valence-electron chi connectivity index (χ3n) is 4.62. The van der Waals surface area contributed by atoms with Crippen LogP contribution >= 0.6 is 11.3 Å². The molecule has 4 rings (SSSR count). The molecule has 1 fully saturated rings. The summed E-state index contributed by atoms with van der Waals surface area (Å²) >= 11 is 1.57. The van der Waals surface area contributed by atoms with E-state index in [1.807, 2.05) is 17.5 Å². The molecular weight excluding hydrogens is 322 g/mol. The minimum Gasteiger partial charge on any atom is -0.506 e. The molecule has 0 saturated carbocycles. The van der Waals surface area contributed by atoms with Crippen LogP contribution in [0.25, 0.3) is 21.7 Å². The maximum atomic E-state index is 12.7. The van der Waals surface area contributed by atoms with Gasteiger partial charge in [0.25, 0.3) is 0 Å². The Morgan fingerprint density at radius 2 is 2.29 bits per heavy atom. The van der Waals surface area contributed by atoms with Gasteiger partial charge >= 0.3 is 0 Å². The van der Waals surface area contributed by atoms with E-state index in [4.69, 9.17) is 0 Å². The van der Waals surface area contributed by atoms with Crippen molar-refractivity contribution in [1.82, 2.24) is 15.3 Å². The minimum atomic E-state index is 0.0936. The Labute approximate surface area is 143 Å². The number of carbonyl (C=O) groups excluding carboxylic acids is 1. The lowest BCUT2D eigenvalue weighted by atomic mass is 9.97. The van der Waals surface area contributed by atoms with Crippen LogP contribution in [0.3, 0.4) is 0 Å². The third kappa shape index (κ3) is 2.83. The zero-order chi connectivity index (χ0) is 16.5. The van der Waals surface area contributed by atoms with Crippen LogP contribution in [0.5, 0.6) is 5.75 Å². The highest BCUT2D eigenvalue weighted by molar-refractivity contribution is 7.13. The summed E-state index contributed by atoms with van der Waals surface area (Å²) in [5.74, 6) is 1.49. The van der Waals surface area contributed by atoms with E-state index in [9.17, 15) is 9.90 Å². The van der Waals surface area contributed by atoms with Gasteiger partial charge in [-0.2, -0.15) is 0 Å². The molecule has 3 heterocycles. The molecule has 2 aromatic heterocycles. The lowest BCUT2D eigenvalue weighted by Gasteiger charge is -2.07. The molecule has 1 aromatic carbocycles. The lowest BCUT2D eigenvalue weighted by molar-refractivity contribution is 0.0976. The molecule has 1 atom stereocenters. The number of H-pyrrole nitrogens is 1. The number of hydrogen-bond donors (Lipinski definition) is 3. The molecule has 0 radical (unpaired) electrons. The summed E-state index contributed by atoms with van der Waals surface area (Å²) in [5, 5.41) is 15.4. The zero-order valence-electron chi connectivity index (χ0n) is 13.2. The molecule has 0 amide bonds. The Bertz CT molecular complexity index is 864. The summed E-state index contributed by atoms with van der Waals surface area (Å²) in [7, 11) is 0. The number of phenolic OH excluding ortho intramolecular Hbond substituents is 1. The number of fused-ring (bicyclic) bond motifs is 1. The van der Waals surface area contributed by atoms with Gasteiger partial charge in [0.1, 0.15) is 22.6 Å². The highest BCUT2D eigenvalue weighted by Gasteiger charge is 2.20. The number of carbonyl (C=O) groups is 1. The van der Waals surface area contributed by atoms with E-state index in [1.165, 1.54) is 0 Å². The highest BCUT2D eigenvalue weighted by Crippen LogP contribution is 2.31. The monoisotopic (exact) mass is 341 g/mol. The van der Waals surface area contributed by atoms with Crippen LogP contribution in [0.4, 0.5) is 0 Å². The molecule has 1 saturated heterocycles. The van der Waals surface area contributed by atoms with E-state index in [0.717, 1.165) is 30.8 Å². The summed E-state index contributed by atoms with van der Waals surface area (Å²) in [6.07, 6.45) is 2.56. The molecule has 0 aliphatic carbocycles. The fourth-order valence-electron chi connectivity index (χ4n) is 3.26. The van der Waals surface area contributed by atoms with Crippen molar-refractivity contribution in [2.24, 2.45) is 5.92 Å². The Morgan fingerprint density at radius 3 is 3.04 bits per heavy atom. The first-order valence-corrected chi connectivity index (χ1v) is 9.10. The van der Waals surface area contributed by atoms with E-state index in [0.29, 0.717) is 34.8 Å². The fraction of sp³-hybridized carbons (Fsp3) is 0.333. The van der Waals surface area contributed by atoms with Crippen molar-refractivity contribution in [3.63, 3.8) is 0 Å². The number of Topliss-reactive ketones (excluding diaryl/α,β-unsaturated/α-hetero) is 1. The zero-order valence-corrected chi connectivity index (χ0v) is 14.0. The predicted molar refractivity (Wildman–Crippen MR) is 95.6 cm³/mol. The van der Waals surface area contributed by atoms with Gasteiger partial charge in [0.05, 0.1) is 4.88 Å². The van der Waals surface area contributed by atoms with E-state index in [-0.39, 0.29) is 11.5 Å². The number of benzene rings is 1. The third-order valence-corrected chi connectivity index (χ3v) is 5.50. The van der Waals surface area contributed by atoms with E-state index in [1.54, 1.807) is 23.5 Å². The molecule has 1 unspecified atom stereocenters. The largest absolute Gasteiger partial charge is 0.506 e. The molecule has 1 aliphatic rings. The van der Waals surface area contributed by atoms with Crippen molar-refractivity contribution < 1.29 is 9.90 Å². The summed E-state index contributed by atoms with van der Waals surface area (Å²) in [6.45, 7) is 2.05. The number of hydrogen-bond acceptors (Lipinski definition) is 5. The first-order chi connectivity index (χ1) is 11.7. The van der Waals surface area contributed by atoms with Crippen LogP contribution in [0.1, 0.15) is 29.6 Å². The minimum absolute atomic E-state index is 0.0936. The standard InChI is InChI=1S/C18H19N3O2S/c22-13(5-3-11-7-8-19-10-11)12-4-6-14(23)17-16(12)20-18(21-17)15-2-1-9-24-15/h1-2,4,6,9,11,19,23H,3,5,7-8,10H2,(H,20,21). The Balaban J connectivity index is 1.64. The molecule has 0 bridgehead atoms. The Morgan fingerprint density at radius 1 is 1.38 bits per heavy atom. The summed E-state index contributed by atoms with van der Waals surface area (Å²) in [4.78, 5) is 21.4. The van der Waals surface area contributed by atoms with Crippen LogP contribution in [-0.2, 0) is 0 Å². The number of nitrogens with one attached hydrogen (secondary N) is 2. The number of aromatic nitrogens is 2. The predicted octanol–water partition coefficient (Wildman–Crippen LogP) is 3.57. The van der Waals surface area contributed by atoms with Gasteiger partial charge in [-0.15, -0.1) is 11.3 Å². The number of rotatable bonds is 5. The molecule has 5 nitrogen and oxygen atoms in total. The van der Waals surface area contributed by atoms with Crippen LogP contribution in [0.15, 0.2) is 29.6 Å². The van der Waals surface area contributed by atoms with E-state index < -0.39 is 0 Å². The van der Waals surface area contributed by atoms with Crippen molar-refractivity contribution in [3.05, 3.63) is 35.2 Å². The highest BCUT2D eigenvalue weighted by atomic mass is 32.1. The first kappa shape index (κ1) is 15.4. The van der Waals surface area contributed by atoms with Crippen molar-refractivity contribution in [3.8, 4) is 16.5 Å². The number of aromatic hydroxyl groups is 1. The average Bonchev–Trinajstić information content (AvgIpc) is 3.32. The number of phenols is 1. The van der Waals surface area contributed by atoms with Gasteiger partial charge in [-0.25, -0.2) is 4.98 Å². The van der Waals surface area contributed by atoms with Crippen LogP contribution in [0.2, 0.25) is 0 Å². The summed E-state index contributed by atoms with van der Waals surface area (Å²) in [5.41, 5.74) is 1.69. The van der Waals surface area contributed by atoms with Crippen LogP contribution < -0.4 is 5.32 Å². The Hall–Kier alpha value is -2.18. The van der Waals surface area contributed by atoms with Gasteiger partial charge in [-0.05, 0) is 55.4 Å². The van der Waals surface area contributed by atoms with Gasteiger partial charge in [-0.1, -0.05) is 6.07 Å². The number of nitrogens with zero attached hydrogens (tertiary/aromatic N) is 1. The second kappa shape index (κ2) is 6.37. The molecule has 1 aliphatic heterocycles. The topological polar surface area (TPSA) is 78.0 Å². The average molecular weight is 341 g/mol. The van der Waals surface area contributed by atoms with Crippen LogP contribution in [0, 0.1) is 5.92 Å². The van der Waals surface area contributed by atoms with Crippen molar-refractivity contribution in [1.29, 1.82) is 0 Å². The molecule has 0 spiro atoms. The summed E-state index contributed by atoms with van der Waals surface area (Å²) in [6, 6.07) is 7.18. The summed E-state index contributed by atoms with van der Waals surface area (Å²) < 4.78 is 0. The number of ketones is 1. The second-order valence-corrected chi connectivity index (χ2v) is 7.19. The van der Waals surface area contributed by atoms with Crippen molar-refractivity contribution in [2.45, 2.75) is 19.3 Å². The van der Waals surface area contributed by atoms with Gasteiger partial charge in [0.2, 0.25) is 0 Å². The normalized spacial score (nSPS) is 17.6. The number of imidazole rings is 1. The van der Waals surface area contributed by atoms with Crippen molar-refractivity contribution >= 4 is 28.2 Å². The quantitative estimate of drug-likeness (QED) is 0.620. The fourth-order valence-corrected chi connectivity index (χ4v) is 3.93. The second-order valence-electron chi connectivity index (χ2n) is 6.24. The van der Waals surface area contributed by atoms with Crippen molar-refractivity contribution in [2.75, 3.05) is 13.1 Å². The Kier molecular flexibility index (Phi) is 4.08. The smallest absolute Gasteiger partial charge is 0.165 e. The van der Waals surface area contributed by atoms with Gasteiger partial charge < -0.3 is 15.4 Å². The van der Waals surface area contributed by atoms with E-state index in [2.05, 4.69) is 15.3 Å². The SMILES string of the molecule is O=C(CCC1CCNC1)c1ccc(O)c2[nH]c(-c3cccs3)nc12. The first-order valence-electron chi connectivity index (χ1n) is 8.22. The maximum absolute atomic E-state index is 12.7. The maximum Gasteiger partial charge on any atom is 0.165 e. The van der Waals surface area contributed by atoms with Gasteiger partial charge in [0.15, 0.2) is 5.78 Å².